The van der Waals surface area contributed by atoms with E-state index in [9.17, 15) is 18.0 Å². The third-order valence-corrected chi connectivity index (χ3v) is 5.52. The molecule has 1 aromatic rings. The van der Waals surface area contributed by atoms with Crippen LogP contribution in [0.2, 0.25) is 0 Å². The van der Waals surface area contributed by atoms with Gasteiger partial charge in [0.05, 0.1) is 11.2 Å². The molecule has 0 atom stereocenters. The van der Waals surface area contributed by atoms with E-state index in [0.717, 1.165) is 17.8 Å². The van der Waals surface area contributed by atoms with Crippen LogP contribution < -0.4 is 10.5 Å². The quantitative estimate of drug-likeness (QED) is 0.564. The van der Waals surface area contributed by atoms with E-state index in [1.54, 1.807) is 6.08 Å². The van der Waals surface area contributed by atoms with Gasteiger partial charge in [0.1, 0.15) is 5.75 Å². The fourth-order valence-corrected chi connectivity index (χ4v) is 3.03. The average Bonchev–Trinajstić information content (AvgIpc) is 2.71. The number of hydrogen-bond acceptors (Lipinski definition) is 6. The zero-order valence-electron chi connectivity index (χ0n) is 16.3. The average molecular weight is 417 g/mol. The molecule has 1 aliphatic heterocycles. The first-order valence-corrected chi connectivity index (χ1v) is 9.53. The van der Waals surface area contributed by atoms with Crippen molar-refractivity contribution in [3.63, 3.8) is 0 Å². The Morgan fingerprint density at radius 2 is 1.82 bits per heavy atom. The summed E-state index contributed by atoms with van der Waals surface area (Å²) in [5.41, 5.74) is 5.97. The lowest BCUT2D eigenvalue weighted by atomic mass is 9.78. The standard InChI is InChI=1S/C18H23BF3NO4S/c1-11(24)28-10-13(19-26-16(2,3)17(4,5)27-19)8-12-6-7-14(9-15(12)23)25-18(20,21)22/h6-9H,10,23H2,1-5H3. The highest BCUT2D eigenvalue weighted by Gasteiger charge is 2.52. The molecule has 1 fully saturated rings. The van der Waals surface area contributed by atoms with Crippen LogP contribution in [0.15, 0.2) is 23.7 Å². The summed E-state index contributed by atoms with van der Waals surface area (Å²) in [6.07, 6.45) is -3.12. The highest BCUT2D eigenvalue weighted by atomic mass is 32.2. The van der Waals surface area contributed by atoms with Gasteiger partial charge >= 0.3 is 13.5 Å². The first-order chi connectivity index (χ1) is 12.7. The molecule has 1 heterocycles. The number of ether oxygens (including phenoxy) is 1. The number of thioether (sulfide) groups is 1. The smallest absolute Gasteiger partial charge is 0.406 e. The molecule has 0 unspecified atom stereocenters. The highest BCUT2D eigenvalue weighted by Crippen LogP contribution is 2.39. The minimum Gasteiger partial charge on any atom is -0.406 e. The van der Waals surface area contributed by atoms with Crippen LogP contribution in [0, 0.1) is 0 Å². The summed E-state index contributed by atoms with van der Waals surface area (Å²) in [5.74, 6) is -0.107. The van der Waals surface area contributed by atoms with Gasteiger partial charge in [0, 0.05) is 24.4 Å². The van der Waals surface area contributed by atoms with E-state index in [1.165, 1.54) is 19.1 Å². The summed E-state index contributed by atoms with van der Waals surface area (Å²) < 4.78 is 53.0. The lowest BCUT2D eigenvalue weighted by Gasteiger charge is -2.32. The maximum Gasteiger partial charge on any atom is 0.573 e. The lowest BCUT2D eigenvalue weighted by Crippen LogP contribution is -2.41. The largest absolute Gasteiger partial charge is 0.573 e. The Morgan fingerprint density at radius 3 is 2.29 bits per heavy atom. The van der Waals surface area contributed by atoms with Gasteiger partial charge in [-0.15, -0.1) is 13.2 Å². The second kappa shape index (κ2) is 8.00. The summed E-state index contributed by atoms with van der Waals surface area (Å²) in [7, 11) is -0.706. The molecule has 2 N–H and O–H groups in total. The first kappa shape index (κ1) is 22.6. The normalized spacial score (nSPS) is 19.0. The van der Waals surface area contributed by atoms with Crippen LogP contribution in [0.5, 0.6) is 5.75 Å². The summed E-state index contributed by atoms with van der Waals surface area (Å²) in [6.45, 7) is 9.06. The molecule has 1 aliphatic rings. The Hall–Kier alpha value is -1.65. The molecule has 1 aromatic carbocycles. The predicted octanol–water partition coefficient (Wildman–Crippen LogP) is 4.46. The summed E-state index contributed by atoms with van der Waals surface area (Å²) in [6, 6.07) is 3.69. The molecular weight excluding hydrogens is 394 g/mol. The Kier molecular flexibility index (Phi) is 6.47. The second-order valence-electron chi connectivity index (χ2n) is 7.43. The Labute approximate surface area is 166 Å². The number of halogens is 3. The van der Waals surface area contributed by atoms with Crippen molar-refractivity contribution < 1.29 is 32.0 Å². The van der Waals surface area contributed by atoms with Gasteiger partial charge in [-0.3, -0.25) is 4.79 Å². The minimum atomic E-state index is -4.80. The van der Waals surface area contributed by atoms with Crippen LogP contribution in [0.1, 0.15) is 40.2 Å². The van der Waals surface area contributed by atoms with Crippen LogP contribution in [0.4, 0.5) is 18.9 Å². The highest BCUT2D eigenvalue weighted by molar-refractivity contribution is 8.13. The number of nitrogen functional groups attached to an aromatic ring is 1. The molecule has 1 saturated heterocycles. The third kappa shape index (κ3) is 5.68. The molecule has 10 heteroatoms. The molecule has 0 aliphatic carbocycles. The molecule has 0 amide bonds. The molecule has 0 aromatic heterocycles. The number of rotatable bonds is 5. The molecule has 0 saturated carbocycles. The van der Waals surface area contributed by atoms with Crippen LogP contribution in [0.3, 0.4) is 0 Å². The first-order valence-electron chi connectivity index (χ1n) is 8.55. The van der Waals surface area contributed by atoms with Crippen molar-refractivity contribution >= 4 is 35.8 Å². The number of alkyl halides is 3. The van der Waals surface area contributed by atoms with Gasteiger partial charge in [0.2, 0.25) is 0 Å². The number of nitrogens with two attached hydrogens (primary N) is 1. The van der Waals surface area contributed by atoms with E-state index in [4.69, 9.17) is 15.0 Å². The van der Waals surface area contributed by atoms with Crippen LogP contribution in [-0.4, -0.2) is 35.6 Å². The van der Waals surface area contributed by atoms with Gasteiger partial charge in [-0.1, -0.05) is 17.8 Å². The Balaban J connectivity index is 2.33. The fraction of sp³-hybridized carbons (Fsp3) is 0.500. The van der Waals surface area contributed by atoms with Crippen molar-refractivity contribution in [2.24, 2.45) is 0 Å². The summed E-state index contributed by atoms with van der Waals surface area (Å²) in [4.78, 5) is 11.4. The molecule has 2 rings (SSSR count). The van der Waals surface area contributed by atoms with Gasteiger partial charge in [-0.25, -0.2) is 0 Å². The van der Waals surface area contributed by atoms with Crippen molar-refractivity contribution in [3.8, 4) is 5.75 Å². The fourth-order valence-electron chi connectivity index (χ4n) is 2.44. The zero-order chi connectivity index (χ0) is 21.3. The van der Waals surface area contributed by atoms with Crippen molar-refractivity contribution in [1.29, 1.82) is 0 Å². The van der Waals surface area contributed by atoms with Gasteiger partial charge in [0.25, 0.3) is 0 Å². The van der Waals surface area contributed by atoms with Gasteiger partial charge < -0.3 is 19.8 Å². The summed E-state index contributed by atoms with van der Waals surface area (Å²) >= 11 is 1.08. The van der Waals surface area contributed by atoms with Crippen LogP contribution in [0.25, 0.3) is 6.08 Å². The third-order valence-electron chi connectivity index (χ3n) is 4.63. The lowest BCUT2D eigenvalue weighted by molar-refractivity contribution is -0.274. The summed E-state index contributed by atoms with van der Waals surface area (Å²) in [5, 5.41) is -0.0793. The number of carbonyl (C=O) groups excluding carboxylic acids is 1. The van der Waals surface area contributed by atoms with E-state index >= 15 is 0 Å². The molecule has 154 valence electrons. The van der Waals surface area contributed by atoms with E-state index in [0.29, 0.717) is 16.8 Å². The molecular formula is C18H23BF3NO4S. The van der Waals surface area contributed by atoms with Gasteiger partial charge in [0.15, 0.2) is 5.12 Å². The van der Waals surface area contributed by atoms with E-state index < -0.39 is 30.4 Å². The number of benzene rings is 1. The maximum absolute atomic E-state index is 12.4. The number of hydrogen-bond donors (Lipinski definition) is 1. The number of carbonyl (C=O) groups is 1. The zero-order valence-corrected chi connectivity index (χ0v) is 17.2. The van der Waals surface area contributed by atoms with E-state index in [-0.39, 0.29) is 10.8 Å². The van der Waals surface area contributed by atoms with E-state index in [1.807, 2.05) is 27.7 Å². The second-order valence-corrected chi connectivity index (χ2v) is 8.58. The molecule has 5 nitrogen and oxygen atoms in total. The molecule has 0 bridgehead atoms. The van der Waals surface area contributed by atoms with Crippen molar-refractivity contribution in [1.82, 2.24) is 0 Å². The van der Waals surface area contributed by atoms with Crippen LogP contribution >= 0.6 is 11.8 Å². The predicted molar refractivity (Wildman–Crippen MR) is 105 cm³/mol. The van der Waals surface area contributed by atoms with Crippen molar-refractivity contribution in [3.05, 3.63) is 29.2 Å². The molecule has 0 spiro atoms. The SMILES string of the molecule is CC(=O)SCC(=Cc1ccc(OC(F)(F)F)cc1N)B1OC(C)(C)C(C)(C)O1. The van der Waals surface area contributed by atoms with Crippen molar-refractivity contribution in [2.45, 2.75) is 52.2 Å². The van der Waals surface area contributed by atoms with E-state index in [2.05, 4.69) is 4.74 Å². The Bertz CT molecular complexity index is 765. The van der Waals surface area contributed by atoms with Crippen LogP contribution in [-0.2, 0) is 14.1 Å². The maximum atomic E-state index is 12.4. The molecule has 28 heavy (non-hydrogen) atoms. The number of anilines is 1. The van der Waals surface area contributed by atoms with Gasteiger partial charge in [-0.2, -0.15) is 0 Å². The van der Waals surface area contributed by atoms with Gasteiger partial charge in [-0.05, 0) is 50.9 Å². The Morgan fingerprint density at radius 1 is 1.25 bits per heavy atom. The molecule has 0 radical (unpaired) electrons. The minimum absolute atomic E-state index is 0.0793. The monoisotopic (exact) mass is 417 g/mol. The van der Waals surface area contributed by atoms with Crippen molar-refractivity contribution in [2.75, 3.05) is 11.5 Å². The topological polar surface area (TPSA) is 70.8 Å².